The number of urea groups is 1. The van der Waals surface area contributed by atoms with Crippen LogP contribution in [0.5, 0.6) is 5.75 Å². The molecule has 5 rings (SSSR count). The number of thiophene rings is 1. The third-order valence-corrected chi connectivity index (χ3v) is 9.29. The molecule has 0 bridgehead atoms. The summed E-state index contributed by atoms with van der Waals surface area (Å²) in [6.07, 6.45) is -0.924. The molecule has 4 amide bonds. The molecule has 0 aliphatic carbocycles. The van der Waals surface area contributed by atoms with E-state index in [0.29, 0.717) is 46.5 Å². The van der Waals surface area contributed by atoms with Gasteiger partial charge in [0.15, 0.2) is 11.6 Å². The van der Waals surface area contributed by atoms with E-state index in [4.69, 9.17) is 14.2 Å². The summed E-state index contributed by atoms with van der Waals surface area (Å²) >= 11 is 1.06. The van der Waals surface area contributed by atoms with Crippen molar-refractivity contribution >= 4 is 57.4 Å². The molecule has 0 fully saturated rings. The fraction of sp³-hybridized carbons (Fsp3) is 0.256. The molecule has 0 radical (unpaired) electrons. The minimum atomic E-state index is -0.924. The smallest absolute Gasteiger partial charge is 0.415 e. The first-order valence-corrected chi connectivity index (χ1v) is 18.3. The number of nitrogens with zero attached hydrogens (tertiary/aromatic N) is 4. The Morgan fingerprint density at radius 1 is 0.789 bits per heavy atom. The van der Waals surface area contributed by atoms with E-state index in [9.17, 15) is 14.4 Å². The van der Waals surface area contributed by atoms with E-state index in [1.165, 1.54) is 13.2 Å². The number of carbonyl (C=O) groups excluding carboxylic acids is 3. The van der Waals surface area contributed by atoms with Gasteiger partial charge in [-0.1, -0.05) is 18.2 Å². The monoisotopic (exact) mass is 804 g/mol. The van der Waals surface area contributed by atoms with Crippen molar-refractivity contribution in [1.82, 2.24) is 20.6 Å². The van der Waals surface area contributed by atoms with Crippen molar-refractivity contribution in [3.8, 4) is 16.2 Å². The molecule has 0 atom stereocenters. The van der Waals surface area contributed by atoms with Crippen molar-refractivity contribution in [2.24, 2.45) is 0 Å². The summed E-state index contributed by atoms with van der Waals surface area (Å²) in [5.41, 5.74) is 4.12. The van der Waals surface area contributed by atoms with Gasteiger partial charge in [-0.15, -0.1) is 21.5 Å². The minimum Gasteiger partial charge on any atom is -0.491 e. The van der Waals surface area contributed by atoms with Crippen molar-refractivity contribution in [2.75, 3.05) is 69.0 Å². The number of anilines is 5. The average molecular weight is 805 g/mol. The Morgan fingerprint density at radius 3 is 2.07 bits per heavy atom. The van der Waals surface area contributed by atoms with Crippen molar-refractivity contribution in [2.45, 2.75) is 20.0 Å². The predicted molar refractivity (Wildman–Crippen MR) is 213 cm³/mol. The van der Waals surface area contributed by atoms with Gasteiger partial charge in [-0.2, -0.15) is 0 Å². The summed E-state index contributed by atoms with van der Waals surface area (Å²) in [7, 11) is 6.52. The van der Waals surface area contributed by atoms with Gasteiger partial charge in [0.05, 0.1) is 32.4 Å². The predicted octanol–water partition coefficient (Wildman–Crippen LogP) is 7.41. The van der Waals surface area contributed by atoms with Gasteiger partial charge in [-0.3, -0.25) is 14.5 Å². The molecule has 18 heteroatoms. The average Bonchev–Trinajstić information content (AvgIpc) is 3.54. The van der Waals surface area contributed by atoms with Gasteiger partial charge in [0.1, 0.15) is 29.0 Å². The Labute approximate surface area is 331 Å². The number of halogens is 2. The quantitative estimate of drug-likeness (QED) is 0.0546. The first-order valence-electron chi connectivity index (χ1n) is 17.5. The van der Waals surface area contributed by atoms with E-state index in [1.54, 1.807) is 76.7 Å². The first-order chi connectivity index (χ1) is 27.5. The van der Waals surface area contributed by atoms with Crippen LogP contribution in [-0.4, -0.2) is 81.3 Å². The second kappa shape index (κ2) is 20.1. The van der Waals surface area contributed by atoms with Gasteiger partial charge in [-0.05, 0) is 92.8 Å². The number of hydroxylamine groups is 1. The van der Waals surface area contributed by atoms with Crippen LogP contribution in [0.2, 0.25) is 0 Å². The fourth-order valence-electron chi connectivity index (χ4n) is 5.46. The number of ether oxygens (including phenoxy) is 3. The van der Waals surface area contributed by atoms with Crippen LogP contribution in [0.25, 0.3) is 10.4 Å². The molecule has 0 aliphatic rings. The first kappa shape index (κ1) is 41.9. The Bertz CT molecular complexity index is 2120. The SMILES string of the molecule is CCOC(=O)N(Cc1c(F)cccc1F)c1sc(-c2ccc(NC(=O)NOC)cc2)c(CN(C)C)c1C(=O)Nc1ccc(Nc2ccc(OCCOC)cc2)nn1. The molecule has 300 valence electrons. The molecular weight excluding hydrogens is 763 g/mol. The highest BCUT2D eigenvalue weighted by atomic mass is 32.1. The zero-order valence-electron chi connectivity index (χ0n) is 31.9. The fourth-order valence-corrected chi connectivity index (χ4v) is 6.77. The molecule has 0 unspecified atom stereocenters. The van der Waals surface area contributed by atoms with Crippen molar-refractivity contribution in [3.63, 3.8) is 0 Å². The number of hydrogen-bond acceptors (Lipinski definition) is 12. The Balaban J connectivity index is 1.53. The topological polar surface area (TPSA) is 169 Å². The molecule has 15 nitrogen and oxygen atoms in total. The molecule has 4 N–H and O–H groups in total. The normalized spacial score (nSPS) is 10.9. The van der Waals surface area contributed by atoms with E-state index in [1.807, 2.05) is 17.0 Å². The van der Waals surface area contributed by atoms with Gasteiger partial charge in [0, 0.05) is 35.5 Å². The number of rotatable bonds is 17. The van der Waals surface area contributed by atoms with Crippen LogP contribution >= 0.6 is 11.3 Å². The van der Waals surface area contributed by atoms with Crippen LogP contribution in [0.4, 0.5) is 46.4 Å². The summed E-state index contributed by atoms with van der Waals surface area (Å²) in [6.45, 7) is 2.05. The van der Waals surface area contributed by atoms with Crippen LogP contribution in [-0.2, 0) is 27.4 Å². The Hall–Kier alpha value is -6.21. The molecule has 0 saturated carbocycles. The number of methoxy groups -OCH3 is 1. The lowest BCUT2D eigenvalue weighted by molar-refractivity contribution is 0.102. The third-order valence-electron chi connectivity index (χ3n) is 7.99. The number of nitrogens with one attached hydrogen (secondary N) is 4. The number of aromatic nitrogens is 2. The van der Waals surface area contributed by atoms with Crippen LogP contribution < -0.4 is 31.1 Å². The maximum atomic E-state index is 15.1. The molecule has 0 saturated heterocycles. The lowest BCUT2D eigenvalue weighted by atomic mass is 10.0. The van der Waals surface area contributed by atoms with Gasteiger partial charge in [0.2, 0.25) is 0 Å². The zero-order chi connectivity index (χ0) is 40.9. The highest BCUT2D eigenvalue weighted by molar-refractivity contribution is 7.20. The second-order valence-electron chi connectivity index (χ2n) is 12.4. The Morgan fingerprint density at radius 2 is 1.46 bits per heavy atom. The maximum absolute atomic E-state index is 15.1. The lowest BCUT2D eigenvalue weighted by Gasteiger charge is -2.23. The van der Waals surface area contributed by atoms with Crippen molar-refractivity contribution in [3.05, 3.63) is 107 Å². The van der Waals surface area contributed by atoms with E-state index in [-0.39, 0.29) is 29.5 Å². The summed E-state index contributed by atoms with van der Waals surface area (Å²) in [6, 6.07) is 19.9. The summed E-state index contributed by atoms with van der Waals surface area (Å²) < 4.78 is 46.2. The van der Waals surface area contributed by atoms with Crippen LogP contribution in [0.1, 0.15) is 28.4 Å². The maximum Gasteiger partial charge on any atom is 0.415 e. The standard InChI is InChI=1S/C39H42F2N8O7S/c1-6-55-39(52)49(23-28-30(40)8-7-9-31(28)41)37-34(29(22-48(2)3)35(57-37)24-10-12-26(13-11-24)43-38(51)47-54-5)36(50)44-33-19-18-32(45-46-33)42-25-14-16-27(17-15-25)56-21-20-53-4/h7-19H,6,20-23H2,1-5H3,(H,42,45)(H2,43,47,51)(H,44,46,50). The van der Waals surface area contributed by atoms with Gasteiger partial charge in [-0.25, -0.2) is 23.9 Å². The molecule has 2 heterocycles. The van der Waals surface area contributed by atoms with Crippen molar-refractivity contribution in [1.29, 1.82) is 0 Å². The zero-order valence-corrected chi connectivity index (χ0v) is 32.7. The summed E-state index contributed by atoms with van der Waals surface area (Å²) in [5.74, 6) is -1.26. The third kappa shape index (κ3) is 11.2. The molecule has 3 aromatic carbocycles. The number of benzene rings is 3. The minimum absolute atomic E-state index is 0.0481. The number of amides is 4. The molecule has 5 aromatic rings. The highest BCUT2D eigenvalue weighted by Gasteiger charge is 2.33. The van der Waals surface area contributed by atoms with Gasteiger partial charge < -0.3 is 35.1 Å². The van der Waals surface area contributed by atoms with E-state index >= 15 is 8.78 Å². The lowest BCUT2D eigenvalue weighted by Crippen LogP contribution is -2.33. The van der Waals surface area contributed by atoms with E-state index in [0.717, 1.165) is 34.1 Å². The van der Waals surface area contributed by atoms with Gasteiger partial charge in [0.25, 0.3) is 5.91 Å². The Kier molecular flexibility index (Phi) is 14.8. The van der Waals surface area contributed by atoms with Gasteiger partial charge >= 0.3 is 12.1 Å². The molecular formula is C39H42F2N8O7S. The number of hydrogen-bond donors (Lipinski definition) is 4. The largest absolute Gasteiger partial charge is 0.491 e. The number of carbonyl (C=O) groups is 3. The molecule has 57 heavy (non-hydrogen) atoms. The summed E-state index contributed by atoms with van der Waals surface area (Å²) in [5, 5.41) is 17.0. The second-order valence-corrected chi connectivity index (χ2v) is 13.4. The molecule has 0 aliphatic heterocycles. The van der Waals surface area contributed by atoms with Crippen LogP contribution in [0.3, 0.4) is 0 Å². The van der Waals surface area contributed by atoms with E-state index in [2.05, 4.69) is 36.5 Å². The van der Waals surface area contributed by atoms with Crippen LogP contribution in [0, 0.1) is 11.6 Å². The van der Waals surface area contributed by atoms with Crippen LogP contribution in [0.15, 0.2) is 78.9 Å². The highest BCUT2D eigenvalue weighted by Crippen LogP contribution is 2.44. The molecule has 2 aromatic heterocycles. The van der Waals surface area contributed by atoms with E-state index < -0.39 is 41.8 Å². The van der Waals surface area contributed by atoms with Crippen molar-refractivity contribution < 1.29 is 42.2 Å². The molecule has 0 spiro atoms. The summed E-state index contributed by atoms with van der Waals surface area (Å²) in [4.78, 5) is 48.3.